The highest BCUT2D eigenvalue weighted by molar-refractivity contribution is 7.98. The average molecular weight is 306 g/mol. The quantitative estimate of drug-likeness (QED) is 0.488. The third kappa shape index (κ3) is 3.56. The predicted molar refractivity (Wildman–Crippen MR) is 84.9 cm³/mol. The number of nitrogens with two attached hydrogens (primary N) is 1. The van der Waals surface area contributed by atoms with E-state index < -0.39 is 0 Å². The predicted octanol–water partition coefficient (Wildman–Crippen LogP) is 3.30. The maximum absolute atomic E-state index is 14.3. The van der Waals surface area contributed by atoms with Crippen LogP contribution >= 0.6 is 11.8 Å². The monoisotopic (exact) mass is 306 g/mol. The molecule has 21 heavy (non-hydrogen) atoms. The van der Waals surface area contributed by atoms with Gasteiger partial charge >= 0.3 is 0 Å². The lowest BCUT2D eigenvalue weighted by atomic mass is 9.99. The Labute approximate surface area is 128 Å². The van der Waals surface area contributed by atoms with Gasteiger partial charge in [-0.1, -0.05) is 30.3 Å². The molecule has 0 aliphatic rings. The van der Waals surface area contributed by atoms with Gasteiger partial charge in [-0.15, -0.1) is 11.8 Å². The molecular formula is C16H19FN2OS. The number of hydrogen-bond donors (Lipinski definition) is 2. The third-order valence-corrected chi connectivity index (χ3v) is 4.21. The molecule has 0 aromatic heterocycles. The van der Waals surface area contributed by atoms with Gasteiger partial charge in [0, 0.05) is 4.90 Å². The van der Waals surface area contributed by atoms with E-state index in [0.29, 0.717) is 12.0 Å². The summed E-state index contributed by atoms with van der Waals surface area (Å²) in [6.07, 6.45) is 2.47. The summed E-state index contributed by atoms with van der Waals surface area (Å²) in [6, 6.07) is 13.0. The van der Waals surface area contributed by atoms with Crippen molar-refractivity contribution < 1.29 is 9.13 Å². The molecule has 0 heterocycles. The van der Waals surface area contributed by atoms with E-state index in [4.69, 9.17) is 10.6 Å². The van der Waals surface area contributed by atoms with Crippen LogP contribution in [-0.2, 0) is 6.42 Å². The Balaban J connectivity index is 2.31. The van der Waals surface area contributed by atoms with E-state index in [9.17, 15) is 4.39 Å². The molecule has 0 radical (unpaired) electrons. The molecule has 0 fully saturated rings. The molecule has 0 aliphatic carbocycles. The number of rotatable bonds is 6. The second-order valence-corrected chi connectivity index (χ2v) is 5.45. The maximum atomic E-state index is 14.3. The van der Waals surface area contributed by atoms with Gasteiger partial charge in [-0.05, 0) is 35.9 Å². The van der Waals surface area contributed by atoms with Crippen molar-refractivity contribution in [3.8, 4) is 5.75 Å². The summed E-state index contributed by atoms with van der Waals surface area (Å²) < 4.78 is 19.3. The van der Waals surface area contributed by atoms with Crippen molar-refractivity contribution in [1.82, 2.24) is 5.43 Å². The lowest BCUT2D eigenvalue weighted by Gasteiger charge is -2.20. The zero-order valence-corrected chi connectivity index (χ0v) is 12.9. The van der Waals surface area contributed by atoms with Crippen molar-refractivity contribution >= 4 is 11.8 Å². The molecule has 3 N–H and O–H groups in total. The summed E-state index contributed by atoms with van der Waals surface area (Å²) in [5.41, 5.74) is 4.43. The Morgan fingerprint density at radius 2 is 2.00 bits per heavy atom. The van der Waals surface area contributed by atoms with Crippen molar-refractivity contribution in [3.05, 3.63) is 59.4 Å². The average Bonchev–Trinajstić information content (AvgIpc) is 2.54. The van der Waals surface area contributed by atoms with Crippen LogP contribution in [0.5, 0.6) is 5.75 Å². The summed E-state index contributed by atoms with van der Waals surface area (Å²) in [6.45, 7) is 0. The number of thioether (sulfide) groups is 1. The molecule has 2 rings (SSSR count). The van der Waals surface area contributed by atoms with Crippen molar-refractivity contribution in [2.24, 2.45) is 5.84 Å². The third-order valence-electron chi connectivity index (χ3n) is 3.40. The van der Waals surface area contributed by atoms with E-state index >= 15 is 0 Å². The van der Waals surface area contributed by atoms with Crippen LogP contribution in [0.1, 0.15) is 17.2 Å². The van der Waals surface area contributed by atoms with E-state index in [1.807, 2.05) is 30.5 Å². The van der Waals surface area contributed by atoms with Crippen LogP contribution in [0.4, 0.5) is 4.39 Å². The molecule has 2 aromatic carbocycles. The van der Waals surface area contributed by atoms with E-state index in [-0.39, 0.29) is 17.6 Å². The number of hydrazine groups is 1. The topological polar surface area (TPSA) is 47.3 Å². The van der Waals surface area contributed by atoms with Crippen LogP contribution in [-0.4, -0.2) is 13.4 Å². The second-order valence-electron chi connectivity index (χ2n) is 4.60. The van der Waals surface area contributed by atoms with Gasteiger partial charge < -0.3 is 4.74 Å². The van der Waals surface area contributed by atoms with Crippen molar-refractivity contribution in [3.63, 3.8) is 0 Å². The summed E-state index contributed by atoms with van der Waals surface area (Å²) >= 11 is 1.65. The van der Waals surface area contributed by atoms with Gasteiger partial charge in [0.05, 0.1) is 13.2 Å². The summed E-state index contributed by atoms with van der Waals surface area (Å²) in [5, 5.41) is 0. The van der Waals surface area contributed by atoms with Crippen LogP contribution in [0.15, 0.2) is 47.4 Å². The molecule has 112 valence electrons. The normalized spacial score (nSPS) is 12.2. The van der Waals surface area contributed by atoms with Crippen LogP contribution in [0.3, 0.4) is 0 Å². The van der Waals surface area contributed by atoms with Gasteiger partial charge in [0.25, 0.3) is 0 Å². The summed E-state index contributed by atoms with van der Waals surface area (Å²) in [5.74, 6) is 5.60. The highest BCUT2D eigenvalue weighted by atomic mass is 32.2. The first-order chi connectivity index (χ1) is 10.2. The molecule has 5 heteroatoms. The molecule has 0 amide bonds. The van der Waals surface area contributed by atoms with Gasteiger partial charge in [0.15, 0.2) is 11.6 Å². The number of ether oxygens (including phenoxy) is 1. The molecule has 0 saturated heterocycles. The number of benzene rings is 2. The van der Waals surface area contributed by atoms with Gasteiger partial charge in [-0.25, -0.2) is 4.39 Å². The van der Waals surface area contributed by atoms with Gasteiger partial charge in [-0.2, -0.15) is 0 Å². The van der Waals surface area contributed by atoms with Gasteiger partial charge in [0.1, 0.15) is 0 Å². The molecule has 1 unspecified atom stereocenters. The van der Waals surface area contributed by atoms with E-state index in [2.05, 4.69) is 5.43 Å². The molecule has 0 aliphatic heterocycles. The number of halogens is 1. The number of hydrogen-bond acceptors (Lipinski definition) is 4. The molecular weight excluding hydrogens is 287 g/mol. The molecule has 0 bridgehead atoms. The van der Waals surface area contributed by atoms with Gasteiger partial charge in [-0.3, -0.25) is 11.3 Å². The highest BCUT2D eigenvalue weighted by Crippen LogP contribution is 2.29. The molecule has 2 aromatic rings. The highest BCUT2D eigenvalue weighted by Gasteiger charge is 2.17. The lowest BCUT2D eigenvalue weighted by molar-refractivity contribution is 0.382. The van der Waals surface area contributed by atoms with Crippen LogP contribution < -0.4 is 16.0 Å². The fourth-order valence-electron chi connectivity index (χ4n) is 2.30. The first kappa shape index (κ1) is 15.8. The van der Waals surface area contributed by atoms with Crippen molar-refractivity contribution in [2.75, 3.05) is 13.4 Å². The van der Waals surface area contributed by atoms with E-state index in [0.717, 1.165) is 10.5 Å². The number of nitrogens with one attached hydrogen (secondary N) is 1. The second kappa shape index (κ2) is 7.45. The lowest BCUT2D eigenvalue weighted by Crippen LogP contribution is -2.30. The largest absolute Gasteiger partial charge is 0.494 e. The first-order valence-electron chi connectivity index (χ1n) is 6.61. The Morgan fingerprint density at radius 3 is 2.67 bits per heavy atom. The van der Waals surface area contributed by atoms with Crippen LogP contribution in [0.25, 0.3) is 0 Å². The van der Waals surface area contributed by atoms with Crippen molar-refractivity contribution in [1.29, 1.82) is 0 Å². The Hall–Kier alpha value is -1.56. The van der Waals surface area contributed by atoms with Crippen LogP contribution in [0, 0.1) is 5.82 Å². The fourth-order valence-corrected chi connectivity index (χ4v) is 2.97. The minimum Gasteiger partial charge on any atom is -0.494 e. The Kier molecular flexibility index (Phi) is 5.61. The maximum Gasteiger partial charge on any atom is 0.168 e. The van der Waals surface area contributed by atoms with E-state index in [1.165, 1.54) is 7.11 Å². The summed E-state index contributed by atoms with van der Waals surface area (Å²) in [4.78, 5) is 1.13. The number of methoxy groups -OCH3 is 1. The molecule has 1 atom stereocenters. The zero-order chi connectivity index (χ0) is 15.2. The first-order valence-corrected chi connectivity index (χ1v) is 7.84. The standard InChI is InChI=1S/C16H19FN2OS/c1-20-14-8-5-6-11(16(14)17)10-13(19-18)12-7-3-4-9-15(12)21-2/h3-9,13,19H,10,18H2,1-2H3. The smallest absolute Gasteiger partial charge is 0.168 e. The SMILES string of the molecule is COc1cccc(CC(NN)c2ccccc2SC)c1F. The summed E-state index contributed by atoms with van der Waals surface area (Å²) in [7, 11) is 1.46. The molecule has 0 spiro atoms. The van der Waals surface area contributed by atoms with Gasteiger partial charge in [0.2, 0.25) is 0 Å². The fraction of sp³-hybridized carbons (Fsp3) is 0.250. The minimum atomic E-state index is -0.332. The zero-order valence-electron chi connectivity index (χ0n) is 12.1. The molecule has 3 nitrogen and oxygen atoms in total. The van der Waals surface area contributed by atoms with Crippen molar-refractivity contribution in [2.45, 2.75) is 17.4 Å². The van der Waals surface area contributed by atoms with E-state index in [1.54, 1.807) is 30.0 Å². The Morgan fingerprint density at radius 1 is 1.24 bits per heavy atom. The van der Waals surface area contributed by atoms with Crippen LogP contribution in [0.2, 0.25) is 0 Å². The Bertz CT molecular complexity index is 607. The molecule has 0 saturated carbocycles. The minimum absolute atomic E-state index is 0.157.